The average Bonchev–Trinajstić information content (AvgIpc) is 3.00. The summed E-state index contributed by atoms with van der Waals surface area (Å²) in [5.41, 5.74) is 0. The Bertz CT molecular complexity index is 674. The molecule has 1 aromatic carbocycles. The minimum atomic E-state index is -3.67. The van der Waals surface area contributed by atoms with Crippen LogP contribution in [0.15, 0.2) is 41.8 Å². The van der Waals surface area contributed by atoms with Gasteiger partial charge in [0, 0.05) is 6.54 Å². The number of aromatic amines is 1. The van der Waals surface area contributed by atoms with Crippen LogP contribution in [0.3, 0.4) is 0 Å². The summed E-state index contributed by atoms with van der Waals surface area (Å²) >= 11 is 0. The van der Waals surface area contributed by atoms with Crippen molar-refractivity contribution < 1.29 is 17.5 Å². The lowest BCUT2D eigenvalue weighted by atomic mass is 10.2. The fourth-order valence-corrected chi connectivity index (χ4v) is 2.63. The standard InChI is InChI=1S/C13H16FN3O3S/c1-2-10(20-12-6-4-3-5-11(12)14)7-17-21(18,19)13-8-15-9-16-13/h3-6,8-10,17H,2,7H2,1H3,(H,15,16)/t10-/m1/s1. The number of aromatic nitrogens is 2. The molecule has 0 aliphatic carbocycles. The third kappa shape index (κ3) is 4.02. The number of nitrogens with one attached hydrogen (secondary N) is 2. The van der Waals surface area contributed by atoms with Crippen LogP contribution in [-0.2, 0) is 10.0 Å². The molecule has 0 spiro atoms. The second-order valence-corrected chi connectivity index (χ2v) is 6.08. The Balaban J connectivity index is 1.99. The predicted molar refractivity (Wildman–Crippen MR) is 74.9 cm³/mol. The zero-order chi connectivity index (χ0) is 15.3. The molecule has 6 nitrogen and oxygen atoms in total. The Morgan fingerprint density at radius 3 is 2.81 bits per heavy atom. The summed E-state index contributed by atoms with van der Waals surface area (Å²) in [5, 5.41) is -0.0248. The second-order valence-electron chi connectivity index (χ2n) is 4.35. The summed E-state index contributed by atoms with van der Waals surface area (Å²) in [6.45, 7) is 1.86. The van der Waals surface area contributed by atoms with Crippen LogP contribution >= 0.6 is 0 Å². The Morgan fingerprint density at radius 1 is 1.43 bits per heavy atom. The number of ether oxygens (including phenoxy) is 1. The average molecular weight is 313 g/mol. The third-order valence-electron chi connectivity index (χ3n) is 2.85. The van der Waals surface area contributed by atoms with E-state index in [1.165, 1.54) is 24.7 Å². The van der Waals surface area contributed by atoms with E-state index in [-0.39, 0.29) is 17.3 Å². The maximum Gasteiger partial charge on any atom is 0.257 e. The Kier molecular flexibility index (Phi) is 4.92. The van der Waals surface area contributed by atoms with Gasteiger partial charge in [0.15, 0.2) is 16.6 Å². The molecule has 114 valence electrons. The molecule has 0 aliphatic heterocycles. The van der Waals surface area contributed by atoms with Crippen LogP contribution < -0.4 is 9.46 Å². The SMILES string of the molecule is CC[C@H](CNS(=O)(=O)c1cnc[nH]1)Oc1ccccc1F. The normalized spacial score (nSPS) is 13.0. The summed E-state index contributed by atoms with van der Waals surface area (Å²) in [6, 6.07) is 6.00. The lowest BCUT2D eigenvalue weighted by molar-refractivity contribution is 0.192. The smallest absolute Gasteiger partial charge is 0.257 e. The number of sulfonamides is 1. The number of benzene rings is 1. The molecular formula is C13H16FN3O3S. The van der Waals surface area contributed by atoms with E-state index in [9.17, 15) is 12.8 Å². The molecule has 8 heteroatoms. The van der Waals surface area contributed by atoms with E-state index in [4.69, 9.17) is 4.74 Å². The number of rotatable bonds is 7. The summed E-state index contributed by atoms with van der Waals surface area (Å²) in [6.07, 6.45) is 2.54. The summed E-state index contributed by atoms with van der Waals surface area (Å²) in [5.74, 6) is -0.377. The quantitative estimate of drug-likeness (QED) is 0.814. The van der Waals surface area contributed by atoms with E-state index in [1.54, 1.807) is 12.1 Å². The van der Waals surface area contributed by atoms with E-state index in [0.717, 1.165) is 0 Å². The largest absolute Gasteiger partial charge is 0.486 e. The van der Waals surface area contributed by atoms with Gasteiger partial charge >= 0.3 is 0 Å². The number of para-hydroxylation sites is 1. The molecule has 1 aromatic heterocycles. The third-order valence-corrected chi connectivity index (χ3v) is 4.20. The van der Waals surface area contributed by atoms with Gasteiger partial charge in [0.2, 0.25) is 0 Å². The van der Waals surface area contributed by atoms with E-state index in [2.05, 4.69) is 14.7 Å². The monoisotopic (exact) mass is 313 g/mol. The highest BCUT2D eigenvalue weighted by molar-refractivity contribution is 7.89. The topological polar surface area (TPSA) is 84.1 Å². The first kappa shape index (κ1) is 15.5. The van der Waals surface area contributed by atoms with E-state index in [1.807, 2.05) is 6.92 Å². The van der Waals surface area contributed by atoms with Gasteiger partial charge in [-0.15, -0.1) is 0 Å². The molecule has 0 saturated carbocycles. The maximum atomic E-state index is 13.5. The van der Waals surface area contributed by atoms with Crippen LogP contribution in [-0.4, -0.2) is 31.0 Å². The Morgan fingerprint density at radius 2 is 2.19 bits per heavy atom. The molecule has 21 heavy (non-hydrogen) atoms. The van der Waals surface area contributed by atoms with Gasteiger partial charge in [-0.25, -0.2) is 22.5 Å². The lowest BCUT2D eigenvalue weighted by Crippen LogP contribution is -2.35. The number of imidazole rings is 1. The lowest BCUT2D eigenvalue weighted by Gasteiger charge is -2.18. The molecule has 2 rings (SSSR count). The van der Waals surface area contributed by atoms with Crippen LogP contribution in [0.2, 0.25) is 0 Å². The number of hydrogen-bond acceptors (Lipinski definition) is 4. The highest BCUT2D eigenvalue weighted by Crippen LogP contribution is 2.18. The first-order chi connectivity index (χ1) is 10.0. The highest BCUT2D eigenvalue weighted by atomic mass is 32.2. The molecule has 0 amide bonds. The van der Waals surface area contributed by atoms with E-state index < -0.39 is 21.9 Å². The zero-order valence-electron chi connectivity index (χ0n) is 11.4. The molecule has 1 atom stereocenters. The van der Waals surface area contributed by atoms with Crippen LogP contribution in [0.1, 0.15) is 13.3 Å². The maximum absolute atomic E-state index is 13.5. The van der Waals surface area contributed by atoms with E-state index >= 15 is 0 Å². The van der Waals surface area contributed by atoms with Crippen molar-refractivity contribution >= 4 is 10.0 Å². The number of hydrogen-bond donors (Lipinski definition) is 2. The number of halogens is 1. The van der Waals surface area contributed by atoms with Crippen molar-refractivity contribution in [3.63, 3.8) is 0 Å². The molecule has 0 radical (unpaired) electrons. The van der Waals surface area contributed by atoms with Gasteiger partial charge in [-0.2, -0.15) is 0 Å². The molecule has 0 saturated heterocycles. The Labute approximate surface area is 122 Å². The van der Waals surface area contributed by atoms with Gasteiger partial charge in [-0.3, -0.25) is 0 Å². The zero-order valence-corrected chi connectivity index (χ0v) is 12.2. The van der Waals surface area contributed by atoms with E-state index in [0.29, 0.717) is 6.42 Å². The van der Waals surface area contributed by atoms with Gasteiger partial charge in [-0.05, 0) is 18.6 Å². The number of nitrogens with zero attached hydrogens (tertiary/aromatic N) is 1. The molecule has 2 N–H and O–H groups in total. The minimum absolute atomic E-state index is 0.0248. The van der Waals surface area contributed by atoms with Crippen LogP contribution in [0.25, 0.3) is 0 Å². The van der Waals surface area contributed by atoms with Crippen molar-refractivity contribution in [3.8, 4) is 5.75 Å². The summed E-state index contributed by atoms with van der Waals surface area (Å²) in [7, 11) is -3.67. The van der Waals surface area contributed by atoms with Crippen LogP contribution in [0.5, 0.6) is 5.75 Å². The van der Waals surface area contributed by atoms with Gasteiger partial charge < -0.3 is 9.72 Å². The summed E-state index contributed by atoms with van der Waals surface area (Å²) in [4.78, 5) is 6.18. The first-order valence-corrected chi connectivity index (χ1v) is 7.90. The predicted octanol–water partition coefficient (Wildman–Crippen LogP) is 1.68. The van der Waals surface area contributed by atoms with Crippen molar-refractivity contribution in [2.24, 2.45) is 0 Å². The highest BCUT2D eigenvalue weighted by Gasteiger charge is 2.18. The molecule has 2 aromatic rings. The molecule has 1 heterocycles. The molecule has 0 unspecified atom stereocenters. The van der Waals surface area contributed by atoms with Crippen molar-refractivity contribution in [3.05, 3.63) is 42.6 Å². The fourth-order valence-electron chi connectivity index (χ4n) is 1.66. The van der Waals surface area contributed by atoms with Crippen molar-refractivity contribution in [2.75, 3.05) is 6.54 Å². The van der Waals surface area contributed by atoms with Crippen LogP contribution in [0, 0.1) is 5.82 Å². The van der Waals surface area contributed by atoms with Crippen molar-refractivity contribution in [1.82, 2.24) is 14.7 Å². The van der Waals surface area contributed by atoms with Gasteiger partial charge in [0.25, 0.3) is 10.0 Å². The Hall–Kier alpha value is -1.93. The van der Waals surface area contributed by atoms with Gasteiger partial charge in [0.1, 0.15) is 6.10 Å². The number of H-pyrrole nitrogens is 1. The molecule has 0 aliphatic rings. The molecule has 0 bridgehead atoms. The molecule has 0 fully saturated rings. The van der Waals surface area contributed by atoms with Crippen LogP contribution in [0.4, 0.5) is 4.39 Å². The molecular weight excluding hydrogens is 297 g/mol. The first-order valence-electron chi connectivity index (χ1n) is 6.42. The van der Waals surface area contributed by atoms with Gasteiger partial charge in [-0.1, -0.05) is 19.1 Å². The second kappa shape index (κ2) is 6.68. The minimum Gasteiger partial charge on any atom is -0.486 e. The fraction of sp³-hybridized carbons (Fsp3) is 0.308. The van der Waals surface area contributed by atoms with Gasteiger partial charge in [0.05, 0.1) is 12.5 Å². The summed E-state index contributed by atoms with van der Waals surface area (Å²) < 4.78 is 45.2. The van der Waals surface area contributed by atoms with Crippen molar-refractivity contribution in [2.45, 2.75) is 24.5 Å². The van der Waals surface area contributed by atoms with Crippen molar-refractivity contribution in [1.29, 1.82) is 0 Å².